The molecule has 0 aromatic rings. The average Bonchev–Trinajstić information content (AvgIpc) is 3.71. The Hall–Kier alpha value is -2.04. The van der Waals surface area contributed by atoms with Crippen LogP contribution in [0.2, 0.25) is 0 Å². The van der Waals surface area contributed by atoms with E-state index in [1.807, 2.05) is 0 Å². The minimum absolute atomic E-state index is 0.0619. The highest BCUT2D eigenvalue weighted by molar-refractivity contribution is 5.90. The summed E-state index contributed by atoms with van der Waals surface area (Å²) in [4.78, 5) is 49.3. The molecule has 3 aliphatic carbocycles. The predicted molar refractivity (Wildman–Crippen MR) is 122 cm³/mol. The monoisotopic (exact) mass is 518 g/mol. The van der Waals surface area contributed by atoms with Crippen LogP contribution in [-0.2, 0) is 42.9 Å². The maximum absolute atomic E-state index is 13.2. The van der Waals surface area contributed by atoms with Crippen molar-refractivity contribution < 1.29 is 48.0 Å². The van der Waals surface area contributed by atoms with Crippen LogP contribution in [0.25, 0.3) is 0 Å². The molecular weight excluding hydrogens is 484 g/mol. The molecule has 4 saturated heterocycles. The predicted octanol–water partition coefficient (Wildman–Crippen LogP) is 1.80. The molecule has 1 N–H and O–H groups in total. The fourth-order valence-corrected chi connectivity index (χ4v) is 9.45. The zero-order valence-electron chi connectivity index (χ0n) is 21.6. The number of cyclic esters (lactones) is 1. The molecule has 4 unspecified atom stereocenters. The molecule has 3 saturated carbocycles. The van der Waals surface area contributed by atoms with E-state index in [0.29, 0.717) is 19.3 Å². The highest BCUT2D eigenvalue weighted by Crippen LogP contribution is 2.83. The first kappa shape index (κ1) is 24.0. The van der Waals surface area contributed by atoms with E-state index in [1.54, 1.807) is 0 Å². The number of esters is 2. The minimum Gasteiger partial charge on any atom is -0.481 e. The molecule has 0 radical (unpaired) electrons. The van der Waals surface area contributed by atoms with Crippen LogP contribution in [-0.4, -0.2) is 76.1 Å². The Morgan fingerprint density at radius 2 is 1.89 bits per heavy atom. The van der Waals surface area contributed by atoms with Gasteiger partial charge in [0.05, 0.1) is 12.0 Å². The van der Waals surface area contributed by atoms with Crippen LogP contribution in [0.4, 0.5) is 0 Å². The minimum atomic E-state index is -0.954. The van der Waals surface area contributed by atoms with Crippen LogP contribution in [0, 0.1) is 29.1 Å². The van der Waals surface area contributed by atoms with Crippen LogP contribution in [0.3, 0.4) is 0 Å². The first-order valence-electron chi connectivity index (χ1n) is 13.6. The lowest BCUT2D eigenvalue weighted by molar-refractivity contribution is -0.172. The number of epoxide rings is 3. The molecule has 0 bridgehead atoms. The molecule has 7 rings (SSSR count). The van der Waals surface area contributed by atoms with Crippen molar-refractivity contribution in [1.82, 2.24) is 0 Å². The van der Waals surface area contributed by atoms with Gasteiger partial charge in [-0.3, -0.25) is 19.2 Å². The Morgan fingerprint density at radius 1 is 1.14 bits per heavy atom. The van der Waals surface area contributed by atoms with Crippen LogP contribution >= 0.6 is 0 Å². The van der Waals surface area contributed by atoms with E-state index in [4.69, 9.17) is 28.8 Å². The molecule has 10 nitrogen and oxygen atoms in total. The molecule has 4 heterocycles. The first-order valence-corrected chi connectivity index (χ1v) is 13.6. The lowest BCUT2D eigenvalue weighted by Crippen LogP contribution is -2.71. The summed E-state index contributed by atoms with van der Waals surface area (Å²) in [6.07, 6.45) is -0.0297. The lowest BCUT2D eigenvalue weighted by atomic mass is 9.44. The second-order valence-corrected chi connectivity index (χ2v) is 12.8. The van der Waals surface area contributed by atoms with E-state index in [0.717, 1.165) is 0 Å². The summed E-state index contributed by atoms with van der Waals surface area (Å²) >= 11 is 0. The van der Waals surface area contributed by atoms with E-state index in [9.17, 15) is 19.2 Å². The van der Waals surface area contributed by atoms with Gasteiger partial charge in [0.1, 0.15) is 23.4 Å². The Morgan fingerprint density at radius 3 is 2.57 bits per heavy atom. The summed E-state index contributed by atoms with van der Waals surface area (Å²) in [6.45, 7) is 7.73. The third-order valence-electron chi connectivity index (χ3n) is 11.0. The maximum Gasteiger partial charge on any atom is 0.310 e. The van der Waals surface area contributed by atoms with Gasteiger partial charge in [0.2, 0.25) is 0 Å². The molecule has 12 atom stereocenters. The summed E-state index contributed by atoms with van der Waals surface area (Å²) in [5.41, 5.74) is -2.60. The molecule has 7 aliphatic rings. The molecule has 4 aliphatic heterocycles. The van der Waals surface area contributed by atoms with Crippen LogP contribution in [0.15, 0.2) is 0 Å². The number of carboxylic acids is 1. The summed E-state index contributed by atoms with van der Waals surface area (Å²) in [7, 11) is 0. The van der Waals surface area contributed by atoms with Crippen LogP contribution < -0.4 is 0 Å². The first-order chi connectivity index (χ1) is 17.5. The van der Waals surface area contributed by atoms with Crippen molar-refractivity contribution in [2.45, 2.75) is 114 Å². The van der Waals surface area contributed by atoms with Gasteiger partial charge in [-0.2, -0.15) is 0 Å². The van der Waals surface area contributed by atoms with Crippen molar-refractivity contribution in [3.8, 4) is 0 Å². The largest absolute Gasteiger partial charge is 0.481 e. The SMILES string of the molecule is CC(=O)O[C@@H]1[C@@]2(C(C)C)O[C@H]2[C@@H]2O[C@]23[C@]12O[C@H]2CC1C2C(CC[C@@]13C)C(=O)OC2C(=O)CCCC(=O)O. The summed E-state index contributed by atoms with van der Waals surface area (Å²) < 4.78 is 31.3. The second-order valence-electron chi connectivity index (χ2n) is 12.8. The van der Waals surface area contributed by atoms with E-state index in [2.05, 4.69) is 20.8 Å². The second kappa shape index (κ2) is 7.12. The van der Waals surface area contributed by atoms with Gasteiger partial charge in [0.25, 0.3) is 0 Å². The van der Waals surface area contributed by atoms with Gasteiger partial charge >= 0.3 is 17.9 Å². The quantitative estimate of drug-likeness (QED) is 0.391. The number of rotatable bonds is 7. The Kier molecular flexibility index (Phi) is 4.63. The van der Waals surface area contributed by atoms with Crippen molar-refractivity contribution >= 4 is 23.7 Å². The molecule has 2 spiro atoms. The number of carbonyl (C=O) groups excluding carboxylic acids is 3. The van der Waals surface area contributed by atoms with Crippen LogP contribution in [0.1, 0.15) is 66.2 Å². The molecule has 0 amide bonds. The number of ketones is 1. The number of carboxylic acid groups (broad SMARTS) is 1. The van der Waals surface area contributed by atoms with Crippen molar-refractivity contribution in [2.24, 2.45) is 29.1 Å². The fraction of sp³-hybridized carbons (Fsp3) is 0.852. The van der Waals surface area contributed by atoms with Gasteiger partial charge in [0, 0.05) is 31.1 Å². The zero-order chi connectivity index (χ0) is 26.3. The third-order valence-corrected chi connectivity index (χ3v) is 11.0. The number of hydrogen-bond donors (Lipinski definition) is 1. The van der Waals surface area contributed by atoms with E-state index in [-0.39, 0.29) is 79.0 Å². The molecule has 7 fully saturated rings. The molecule has 10 heteroatoms. The van der Waals surface area contributed by atoms with Gasteiger partial charge in [-0.15, -0.1) is 0 Å². The average molecular weight is 519 g/mol. The summed E-state index contributed by atoms with van der Waals surface area (Å²) in [5, 5.41) is 8.97. The molecule has 0 aromatic heterocycles. The number of Topliss-reactive ketones (excluding diaryl/α,β-unsaturated/α-hetero) is 1. The Bertz CT molecular complexity index is 1120. The van der Waals surface area contributed by atoms with Crippen molar-refractivity contribution in [3.63, 3.8) is 0 Å². The standard InChI is InChI=1S/C27H34O10/c1-11(2)25-20(36-25)21-27(37-21)24(4)9-8-13-18(19(34-22(13)32)15(29)6-5-7-17(30)31)14(24)10-16-26(27,35-16)23(25)33-12(3)28/h11,13-14,16,18-21,23H,5-10H2,1-4H3,(H,30,31)/t13?,14?,16-,18?,19?,20-,21-,23+,24-,25-,26+,27+/m0/s1. The van der Waals surface area contributed by atoms with Gasteiger partial charge in [-0.05, 0) is 37.5 Å². The third kappa shape index (κ3) is 2.62. The Balaban J connectivity index is 1.24. The number of aliphatic carboxylic acids is 1. The van der Waals surface area contributed by atoms with Crippen LogP contribution in [0.5, 0.6) is 0 Å². The van der Waals surface area contributed by atoms with E-state index >= 15 is 0 Å². The van der Waals surface area contributed by atoms with Gasteiger partial charge in [-0.25, -0.2) is 0 Å². The Labute approximate surface area is 214 Å². The highest BCUT2D eigenvalue weighted by atomic mass is 16.8. The number of carbonyl (C=O) groups is 4. The van der Waals surface area contributed by atoms with Gasteiger partial charge in [0.15, 0.2) is 23.6 Å². The summed E-state index contributed by atoms with van der Waals surface area (Å²) in [5.74, 6) is -2.54. The smallest absolute Gasteiger partial charge is 0.310 e. The fourth-order valence-electron chi connectivity index (χ4n) is 9.45. The zero-order valence-corrected chi connectivity index (χ0v) is 21.6. The number of fused-ring (bicyclic) bond motifs is 5. The van der Waals surface area contributed by atoms with Gasteiger partial charge in [-0.1, -0.05) is 20.8 Å². The molecule has 0 aromatic carbocycles. The highest BCUT2D eigenvalue weighted by Gasteiger charge is 3.01. The molecule has 37 heavy (non-hydrogen) atoms. The van der Waals surface area contributed by atoms with Crippen molar-refractivity contribution in [1.29, 1.82) is 0 Å². The molecular formula is C27H34O10. The van der Waals surface area contributed by atoms with Crippen molar-refractivity contribution in [2.75, 3.05) is 0 Å². The maximum atomic E-state index is 13.2. The topological polar surface area (TPSA) is 145 Å². The number of hydrogen-bond acceptors (Lipinski definition) is 9. The van der Waals surface area contributed by atoms with E-state index in [1.165, 1.54) is 6.92 Å². The van der Waals surface area contributed by atoms with Crippen molar-refractivity contribution in [3.05, 3.63) is 0 Å². The van der Waals surface area contributed by atoms with Gasteiger partial charge < -0.3 is 28.8 Å². The summed E-state index contributed by atoms with van der Waals surface area (Å²) in [6, 6.07) is 0. The van der Waals surface area contributed by atoms with E-state index < -0.39 is 40.4 Å². The number of ether oxygens (including phenoxy) is 5. The normalized spacial score (nSPS) is 53.4. The lowest BCUT2D eigenvalue weighted by Gasteiger charge is -2.56. The molecule has 202 valence electrons.